The zero-order valence-electron chi connectivity index (χ0n) is 15.8. The Morgan fingerprint density at radius 1 is 1.15 bits per heavy atom. The summed E-state index contributed by atoms with van der Waals surface area (Å²) in [4.78, 5) is 11.1. The fourth-order valence-corrected chi connectivity index (χ4v) is 2.96. The molecule has 0 bridgehead atoms. The number of aryl methyl sites for hydroxylation is 1. The Kier molecular flexibility index (Phi) is 4.35. The molecule has 0 saturated heterocycles. The van der Waals surface area contributed by atoms with Gasteiger partial charge in [0.25, 0.3) is 0 Å². The minimum atomic E-state index is 0.137. The second-order valence-electron chi connectivity index (χ2n) is 6.78. The van der Waals surface area contributed by atoms with Gasteiger partial charge in [-0.05, 0) is 44.2 Å². The van der Waals surface area contributed by atoms with Gasteiger partial charge in [0.1, 0.15) is 11.6 Å². The molecule has 0 saturated carbocycles. The normalized spacial score (nSPS) is 12.4. The minimum Gasteiger partial charge on any atom is -0.491 e. The standard InChI is InChI=1S/C20H21N5O2/c1-12(2)26-15-5-6-17-16(10-15)20(22-17)14-7-8-21-18(9-14)25(4)11-19-24-23-13(3)27-19/h5-10,12H,11H2,1-4H3. The average molecular weight is 363 g/mol. The number of anilines is 1. The van der Waals surface area contributed by atoms with E-state index >= 15 is 0 Å². The van der Waals surface area contributed by atoms with E-state index in [0.717, 1.165) is 34.1 Å². The first-order valence-electron chi connectivity index (χ1n) is 8.86. The van der Waals surface area contributed by atoms with Gasteiger partial charge in [-0.25, -0.2) is 9.98 Å². The summed E-state index contributed by atoms with van der Waals surface area (Å²) in [6, 6.07) is 9.97. The van der Waals surface area contributed by atoms with E-state index < -0.39 is 0 Å². The van der Waals surface area contributed by atoms with Crippen molar-refractivity contribution in [3.05, 3.63) is 59.4 Å². The number of hydrogen-bond donors (Lipinski definition) is 0. The van der Waals surface area contributed by atoms with Crippen molar-refractivity contribution in [1.29, 1.82) is 0 Å². The fraction of sp³-hybridized carbons (Fsp3) is 0.300. The van der Waals surface area contributed by atoms with Crippen molar-refractivity contribution in [2.24, 2.45) is 4.99 Å². The lowest BCUT2D eigenvalue weighted by Gasteiger charge is -2.22. The molecule has 7 nitrogen and oxygen atoms in total. The number of ether oxygens (including phenoxy) is 1. The molecule has 0 spiro atoms. The number of aromatic nitrogens is 3. The molecule has 3 heterocycles. The largest absolute Gasteiger partial charge is 0.491 e. The van der Waals surface area contributed by atoms with Gasteiger partial charge in [0.15, 0.2) is 0 Å². The smallest absolute Gasteiger partial charge is 0.235 e. The summed E-state index contributed by atoms with van der Waals surface area (Å²) >= 11 is 0. The first-order chi connectivity index (χ1) is 13.0. The minimum absolute atomic E-state index is 0.137. The lowest BCUT2D eigenvalue weighted by atomic mass is 9.96. The Bertz CT molecular complexity index is 1010. The topological polar surface area (TPSA) is 76.6 Å². The maximum atomic E-state index is 5.80. The van der Waals surface area contributed by atoms with E-state index in [2.05, 4.69) is 20.2 Å². The number of fused-ring (bicyclic) bond motifs is 1. The molecule has 27 heavy (non-hydrogen) atoms. The molecule has 0 unspecified atom stereocenters. The SMILES string of the molecule is Cc1nnc(CN(C)c2cc(C3=Nc4ccc(OC(C)C)cc43)ccn2)o1. The van der Waals surface area contributed by atoms with Crippen LogP contribution in [-0.2, 0) is 6.54 Å². The van der Waals surface area contributed by atoms with Crippen LogP contribution in [0.15, 0.2) is 45.9 Å². The zero-order chi connectivity index (χ0) is 19.0. The van der Waals surface area contributed by atoms with Gasteiger partial charge in [-0.2, -0.15) is 0 Å². The van der Waals surface area contributed by atoms with Crippen molar-refractivity contribution < 1.29 is 9.15 Å². The maximum absolute atomic E-state index is 5.80. The van der Waals surface area contributed by atoms with Gasteiger partial charge < -0.3 is 14.1 Å². The van der Waals surface area contributed by atoms with Crippen LogP contribution in [0.5, 0.6) is 5.75 Å². The molecule has 0 N–H and O–H groups in total. The molecule has 4 rings (SSSR count). The molecular formula is C20H21N5O2. The van der Waals surface area contributed by atoms with Crippen LogP contribution in [0.1, 0.15) is 36.8 Å². The van der Waals surface area contributed by atoms with E-state index in [1.165, 1.54) is 0 Å². The number of hydrogen-bond acceptors (Lipinski definition) is 7. The molecule has 1 aliphatic rings. The Morgan fingerprint density at radius 2 is 2.00 bits per heavy atom. The highest BCUT2D eigenvalue weighted by Crippen LogP contribution is 2.36. The van der Waals surface area contributed by atoms with Crippen molar-refractivity contribution in [2.45, 2.75) is 33.4 Å². The molecule has 0 radical (unpaired) electrons. The van der Waals surface area contributed by atoms with Crippen LogP contribution in [0.2, 0.25) is 0 Å². The monoisotopic (exact) mass is 363 g/mol. The van der Waals surface area contributed by atoms with E-state index in [9.17, 15) is 0 Å². The van der Waals surface area contributed by atoms with Crippen LogP contribution >= 0.6 is 0 Å². The molecule has 0 fully saturated rings. The van der Waals surface area contributed by atoms with E-state index in [1.807, 2.05) is 56.1 Å². The summed E-state index contributed by atoms with van der Waals surface area (Å²) in [5.74, 6) is 2.78. The molecule has 0 atom stereocenters. The van der Waals surface area contributed by atoms with Crippen molar-refractivity contribution in [3.63, 3.8) is 0 Å². The van der Waals surface area contributed by atoms with Crippen molar-refractivity contribution in [1.82, 2.24) is 15.2 Å². The first-order valence-corrected chi connectivity index (χ1v) is 8.86. The molecular weight excluding hydrogens is 342 g/mol. The van der Waals surface area contributed by atoms with Crippen LogP contribution in [0, 0.1) is 6.92 Å². The highest BCUT2D eigenvalue weighted by Gasteiger charge is 2.22. The summed E-state index contributed by atoms with van der Waals surface area (Å²) in [6.45, 7) is 6.31. The third kappa shape index (κ3) is 3.53. The second kappa shape index (κ2) is 6.83. The number of benzene rings is 1. The average Bonchev–Trinajstić information content (AvgIpc) is 3.02. The van der Waals surface area contributed by atoms with Crippen molar-refractivity contribution in [2.75, 3.05) is 11.9 Å². The molecule has 2 aromatic heterocycles. The summed E-state index contributed by atoms with van der Waals surface area (Å²) in [6.07, 6.45) is 1.92. The lowest BCUT2D eigenvalue weighted by molar-refractivity contribution is 0.242. The van der Waals surface area contributed by atoms with Gasteiger partial charge >= 0.3 is 0 Å². The highest BCUT2D eigenvalue weighted by molar-refractivity contribution is 6.22. The fourth-order valence-electron chi connectivity index (χ4n) is 2.96. The third-order valence-corrected chi connectivity index (χ3v) is 4.18. The van der Waals surface area contributed by atoms with Crippen molar-refractivity contribution in [3.8, 4) is 5.75 Å². The molecule has 138 valence electrons. The molecule has 1 aromatic carbocycles. The predicted octanol–water partition coefficient (Wildman–Crippen LogP) is 3.68. The Hall–Kier alpha value is -3.22. The van der Waals surface area contributed by atoms with Gasteiger partial charge in [-0.3, -0.25) is 0 Å². The molecule has 7 heteroatoms. The van der Waals surface area contributed by atoms with E-state index in [1.54, 1.807) is 13.1 Å². The van der Waals surface area contributed by atoms with Crippen LogP contribution < -0.4 is 9.64 Å². The summed E-state index contributed by atoms with van der Waals surface area (Å²) in [5, 5.41) is 7.90. The first kappa shape index (κ1) is 17.2. The Balaban J connectivity index is 1.55. The molecule has 1 aliphatic heterocycles. The Labute approximate surface area is 157 Å². The number of pyridine rings is 1. The third-order valence-electron chi connectivity index (χ3n) is 4.18. The van der Waals surface area contributed by atoms with Gasteiger partial charge in [-0.15, -0.1) is 10.2 Å². The number of nitrogens with zero attached hydrogens (tertiary/aromatic N) is 5. The van der Waals surface area contributed by atoms with Crippen LogP contribution in [0.3, 0.4) is 0 Å². The van der Waals surface area contributed by atoms with Crippen molar-refractivity contribution >= 4 is 17.2 Å². The van der Waals surface area contributed by atoms with Crippen LogP contribution in [0.4, 0.5) is 11.5 Å². The highest BCUT2D eigenvalue weighted by atomic mass is 16.5. The summed E-state index contributed by atoms with van der Waals surface area (Å²) in [7, 11) is 1.94. The molecule has 0 aliphatic carbocycles. The predicted molar refractivity (Wildman–Crippen MR) is 103 cm³/mol. The number of aliphatic imine (C=N–C) groups is 1. The second-order valence-corrected chi connectivity index (χ2v) is 6.78. The van der Waals surface area contributed by atoms with Gasteiger partial charge in [0, 0.05) is 31.3 Å². The van der Waals surface area contributed by atoms with Gasteiger partial charge in [0.2, 0.25) is 11.8 Å². The summed E-state index contributed by atoms with van der Waals surface area (Å²) < 4.78 is 11.2. The summed E-state index contributed by atoms with van der Waals surface area (Å²) in [5.41, 5.74) is 4.04. The van der Waals surface area contributed by atoms with Crippen LogP contribution in [0.25, 0.3) is 0 Å². The van der Waals surface area contributed by atoms with E-state index in [-0.39, 0.29) is 6.10 Å². The lowest BCUT2D eigenvalue weighted by Crippen LogP contribution is -2.19. The van der Waals surface area contributed by atoms with Gasteiger partial charge in [0.05, 0.1) is 24.0 Å². The van der Waals surface area contributed by atoms with Gasteiger partial charge in [-0.1, -0.05) is 0 Å². The zero-order valence-corrected chi connectivity index (χ0v) is 15.8. The molecule has 3 aromatic rings. The van der Waals surface area contributed by atoms with Crippen LogP contribution in [-0.4, -0.2) is 34.0 Å². The maximum Gasteiger partial charge on any atom is 0.235 e. The van der Waals surface area contributed by atoms with E-state index in [4.69, 9.17) is 9.15 Å². The quantitative estimate of drug-likeness (QED) is 0.520. The number of rotatable bonds is 6. The molecule has 0 amide bonds. The Morgan fingerprint density at radius 3 is 2.74 bits per heavy atom. The van der Waals surface area contributed by atoms with E-state index in [0.29, 0.717) is 18.3 Å².